The highest BCUT2D eigenvalue weighted by Crippen LogP contribution is 2.43. The Kier molecular flexibility index (Phi) is 11.6. The van der Waals surface area contributed by atoms with Gasteiger partial charge in [0.2, 0.25) is 5.90 Å². The second-order valence-corrected chi connectivity index (χ2v) is 13.0. The summed E-state index contributed by atoms with van der Waals surface area (Å²) in [6, 6.07) is 37.9. The lowest BCUT2D eigenvalue weighted by Crippen LogP contribution is -2.53. The number of aliphatic hydroxyl groups is 1. The summed E-state index contributed by atoms with van der Waals surface area (Å²) in [4.78, 5) is 19.6. The maximum atomic E-state index is 14.5. The summed E-state index contributed by atoms with van der Waals surface area (Å²) >= 11 is 3.49. The normalized spacial score (nSPS) is 16.9. The van der Waals surface area contributed by atoms with E-state index in [4.69, 9.17) is 19.6 Å². The first-order chi connectivity index (χ1) is 25.1. The van der Waals surface area contributed by atoms with Gasteiger partial charge in [0, 0.05) is 36.0 Å². The predicted molar refractivity (Wildman–Crippen MR) is 195 cm³/mol. The molecule has 268 valence electrons. The zero-order valence-electron chi connectivity index (χ0n) is 27.8. The van der Waals surface area contributed by atoms with Crippen molar-refractivity contribution >= 4 is 27.7 Å². The number of carbonyl (C=O) groups is 1. The van der Waals surface area contributed by atoms with Gasteiger partial charge < -0.3 is 19.3 Å². The van der Waals surface area contributed by atoms with E-state index in [9.17, 15) is 18.0 Å². The van der Waals surface area contributed by atoms with Crippen LogP contribution in [0.15, 0.2) is 137 Å². The number of rotatable bonds is 14. The van der Waals surface area contributed by atoms with Gasteiger partial charge in [0.15, 0.2) is 11.6 Å². The van der Waals surface area contributed by atoms with Crippen LogP contribution < -0.4 is 20.3 Å². The molecule has 1 amide bonds. The Morgan fingerprint density at radius 2 is 1.42 bits per heavy atom. The molecular formula is C40H35BrF3N3O5. The van der Waals surface area contributed by atoms with Gasteiger partial charge in [0.25, 0.3) is 5.91 Å². The molecule has 0 fully saturated rings. The minimum Gasteiger partial charge on any atom is -0.494 e. The molecule has 0 saturated carbocycles. The lowest BCUT2D eigenvalue weighted by Gasteiger charge is -2.31. The highest BCUT2D eigenvalue weighted by atomic mass is 79.9. The summed E-state index contributed by atoms with van der Waals surface area (Å²) in [6.07, 6.45) is -4.97. The average molecular weight is 775 g/mol. The van der Waals surface area contributed by atoms with Crippen LogP contribution in [0.3, 0.4) is 0 Å². The SMILES string of the molecule is O=C(NNCc1ccc(OC(F)(F)F)cc1)[C@@]1(Cc2ccc(Br)cc2)N=C(c2ccc(OCCCO)cc2)O[C@H]1c1ccc(-c2ccccc2)cc1. The maximum absolute atomic E-state index is 14.5. The quantitative estimate of drug-likeness (QED) is 0.0780. The third-order valence-electron chi connectivity index (χ3n) is 8.39. The molecule has 1 aliphatic rings. The van der Waals surface area contributed by atoms with E-state index in [1.807, 2.05) is 78.9 Å². The van der Waals surface area contributed by atoms with Crippen molar-refractivity contribution in [3.8, 4) is 22.6 Å². The summed E-state index contributed by atoms with van der Waals surface area (Å²) in [7, 11) is 0. The number of nitrogens with one attached hydrogen (secondary N) is 2. The number of halogens is 4. The van der Waals surface area contributed by atoms with Crippen LogP contribution in [0, 0.1) is 0 Å². The summed E-state index contributed by atoms with van der Waals surface area (Å²) in [5.74, 6) is 0.0737. The zero-order chi connectivity index (χ0) is 36.6. The first-order valence-electron chi connectivity index (χ1n) is 16.5. The number of aliphatic hydroxyl groups excluding tert-OH is 1. The van der Waals surface area contributed by atoms with Crippen molar-refractivity contribution < 1.29 is 37.3 Å². The van der Waals surface area contributed by atoms with Crippen molar-refractivity contribution in [2.45, 2.75) is 37.4 Å². The lowest BCUT2D eigenvalue weighted by molar-refractivity contribution is -0.274. The van der Waals surface area contributed by atoms with Crippen LogP contribution in [-0.2, 0) is 22.5 Å². The fourth-order valence-corrected chi connectivity index (χ4v) is 6.08. The molecule has 12 heteroatoms. The van der Waals surface area contributed by atoms with Gasteiger partial charge in [0.05, 0.1) is 6.61 Å². The van der Waals surface area contributed by atoms with E-state index < -0.39 is 23.9 Å². The highest BCUT2D eigenvalue weighted by molar-refractivity contribution is 9.10. The van der Waals surface area contributed by atoms with Crippen LogP contribution in [0.1, 0.15) is 34.8 Å². The van der Waals surface area contributed by atoms with Crippen LogP contribution in [0.25, 0.3) is 11.1 Å². The number of hydrogen-bond acceptors (Lipinski definition) is 7. The van der Waals surface area contributed by atoms with Gasteiger partial charge in [-0.3, -0.25) is 10.2 Å². The molecule has 0 aromatic heterocycles. The predicted octanol–water partition coefficient (Wildman–Crippen LogP) is 8.10. The molecule has 5 aromatic rings. The molecule has 0 unspecified atom stereocenters. The number of aliphatic imine (C=N–C) groups is 1. The Bertz CT molecular complexity index is 1960. The third-order valence-corrected chi connectivity index (χ3v) is 8.92. The number of hydrogen-bond donors (Lipinski definition) is 3. The number of hydrazine groups is 1. The monoisotopic (exact) mass is 773 g/mol. The maximum Gasteiger partial charge on any atom is 0.573 e. The Balaban J connectivity index is 1.33. The van der Waals surface area contributed by atoms with Crippen LogP contribution in [-0.4, -0.2) is 42.0 Å². The number of benzene rings is 5. The van der Waals surface area contributed by atoms with E-state index in [1.165, 1.54) is 24.3 Å². The summed E-state index contributed by atoms with van der Waals surface area (Å²) < 4.78 is 55.1. The molecule has 52 heavy (non-hydrogen) atoms. The van der Waals surface area contributed by atoms with Gasteiger partial charge in [-0.05, 0) is 76.3 Å². The van der Waals surface area contributed by atoms with Crippen LogP contribution in [0.5, 0.6) is 11.5 Å². The number of alkyl halides is 3. The van der Waals surface area contributed by atoms with E-state index in [0.717, 1.165) is 26.7 Å². The average Bonchev–Trinajstić information content (AvgIpc) is 3.54. The molecule has 0 spiro atoms. The standard InChI is InChI=1S/C40H35BrF3N3O5/c41-33-17-7-27(8-18-33)25-39(38(49)47-45-26-28-9-19-35(20-10-28)52-40(42,43)44)36(31-13-11-30(12-14-31)29-5-2-1-3-6-29)51-37(46-39)32-15-21-34(22-16-32)50-24-4-23-48/h1-3,5-22,36,45,48H,4,23-26H2,(H,47,49)/t36-,39-/m0/s1. The molecule has 6 rings (SSSR count). The molecule has 1 heterocycles. The topological polar surface area (TPSA) is 101 Å². The molecule has 8 nitrogen and oxygen atoms in total. The zero-order valence-corrected chi connectivity index (χ0v) is 29.4. The van der Waals surface area contributed by atoms with Crippen molar-refractivity contribution in [1.82, 2.24) is 10.9 Å². The van der Waals surface area contributed by atoms with Gasteiger partial charge in [-0.1, -0.05) is 94.8 Å². The molecule has 0 saturated heterocycles. The third kappa shape index (κ3) is 9.19. The molecule has 1 aliphatic heterocycles. The highest BCUT2D eigenvalue weighted by Gasteiger charge is 2.53. The molecule has 2 atom stereocenters. The Morgan fingerprint density at radius 3 is 2.08 bits per heavy atom. The van der Waals surface area contributed by atoms with Crippen LogP contribution in [0.4, 0.5) is 13.2 Å². The van der Waals surface area contributed by atoms with Crippen LogP contribution >= 0.6 is 15.9 Å². The minimum absolute atomic E-state index is 0.0248. The van der Waals surface area contributed by atoms with Crippen molar-refractivity contribution in [1.29, 1.82) is 0 Å². The van der Waals surface area contributed by atoms with Gasteiger partial charge in [0.1, 0.15) is 11.5 Å². The Morgan fingerprint density at radius 1 is 0.808 bits per heavy atom. The summed E-state index contributed by atoms with van der Waals surface area (Å²) in [5.41, 5.74) is 9.10. The molecule has 0 radical (unpaired) electrons. The van der Waals surface area contributed by atoms with E-state index in [2.05, 4.69) is 31.5 Å². The number of ether oxygens (including phenoxy) is 3. The van der Waals surface area contributed by atoms with Crippen LogP contribution in [0.2, 0.25) is 0 Å². The Hall–Kier alpha value is -5.17. The van der Waals surface area contributed by atoms with E-state index in [0.29, 0.717) is 29.9 Å². The van der Waals surface area contributed by atoms with Gasteiger partial charge in [-0.15, -0.1) is 13.2 Å². The van der Waals surface area contributed by atoms with E-state index >= 15 is 0 Å². The number of carbonyl (C=O) groups excluding carboxylic acids is 1. The van der Waals surface area contributed by atoms with Crippen molar-refractivity contribution in [3.63, 3.8) is 0 Å². The largest absolute Gasteiger partial charge is 0.573 e. The lowest BCUT2D eigenvalue weighted by atomic mass is 9.82. The molecule has 0 aliphatic carbocycles. The number of nitrogens with zero attached hydrogens (tertiary/aromatic N) is 1. The minimum atomic E-state index is -4.80. The van der Waals surface area contributed by atoms with Gasteiger partial charge in [-0.25, -0.2) is 10.4 Å². The first-order valence-corrected chi connectivity index (χ1v) is 17.3. The molecule has 5 aromatic carbocycles. The number of amides is 1. The van der Waals surface area contributed by atoms with E-state index in [-0.39, 0.29) is 31.2 Å². The summed E-state index contributed by atoms with van der Waals surface area (Å²) in [6.45, 7) is 0.498. The Labute approximate surface area is 307 Å². The fourth-order valence-electron chi connectivity index (χ4n) is 5.82. The van der Waals surface area contributed by atoms with Gasteiger partial charge in [-0.2, -0.15) is 0 Å². The second kappa shape index (κ2) is 16.4. The molecule has 3 N–H and O–H groups in total. The summed E-state index contributed by atoms with van der Waals surface area (Å²) in [5, 5.41) is 9.10. The second-order valence-electron chi connectivity index (χ2n) is 12.1. The van der Waals surface area contributed by atoms with Crippen molar-refractivity contribution in [3.05, 3.63) is 154 Å². The van der Waals surface area contributed by atoms with Crippen molar-refractivity contribution in [2.24, 2.45) is 4.99 Å². The first kappa shape index (κ1) is 36.6. The van der Waals surface area contributed by atoms with Crippen molar-refractivity contribution in [2.75, 3.05) is 13.2 Å². The molecule has 0 bridgehead atoms. The van der Waals surface area contributed by atoms with E-state index in [1.54, 1.807) is 24.3 Å². The van der Waals surface area contributed by atoms with Gasteiger partial charge >= 0.3 is 6.36 Å². The fraction of sp³-hybridized carbons (Fsp3) is 0.200. The smallest absolute Gasteiger partial charge is 0.494 e. The molecular weight excluding hydrogens is 739 g/mol.